The van der Waals surface area contributed by atoms with Crippen molar-refractivity contribution < 1.29 is 9.59 Å². The summed E-state index contributed by atoms with van der Waals surface area (Å²) < 4.78 is 0. The first-order chi connectivity index (χ1) is 7.11. The Morgan fingerprint density at radius 2 is 1.67 bits per heavy atom. The second-order valence-corrected chi connectivity index (χ2v) is 4.29. The van der Waals surface area contributed by atoms with E-state index in [2.05, 4.69) is 0 Å². The molecule has 0 aliphatic carbocycles. The van der Waals surface area contributed by atoms with Gasteiger partial charge in [-0.25, -0.2) is 0 Å². The van der Waals surface area contributed by atoms with E-state index in [9.17, 15) is 9.59 Å². The average molecular weight is 224 g/mol. The summed E-state index contributed by atoms with van der Waals surface area (Å²) in [4.78, 5) is 24.8. The lowest BCUT2D eigenvalue weighted by atomic mass is 10.1. The fourth-order valence-electron chi connectivity index (χ4n) is 1.66. The molecule has 0 spiro atoms. The van der Waals surface area contributed by atoms with Crippen LogP contribution in [0.3, 0.4) is 0 Å². The Morgan fingerprint density at radius 1 is 1.20 bits per heavy atom. The lowest BCUT2D eigenvalue weighted by Crippen LogP contribution is -2.34. The standard InChI is InChI=1S/C11H10ClNO2/c1-7(12)6-13-10(14)8-4-2-3-5-9(8)11(13)15/h2-5,7H,6H2,1H3/t7-/m0/s1. The van der Waals surface area contributed by atoms with Gasteiger partial charge in [-0.2, -0.15) is 0 Å². The van der Waals surface area contributed by atoms with Crippen LogP contribution in [0.15, 0.2) is 24.3 Å². The fourth-order valence-corrected chi connectivity index (χ4v) is 1.79. The van der Waals surface area contributed by atoms with Crippen molar-refractivity contribution in [2.24, 2.45) is 0 Å². The molecule has 0 N–H and O–H groups in total. The SMILES string of the molecule is C[C@H](Cl)CN1C(=O)c2ccccc2C1=O. The molecular weight excluding hydrogens is 214 g/mol. The van der Waals surface area contributed by atoms with E-state index in [1.165, 1.54) is 4.90 Å². The van der Waals surface area contributed by atoms with Crippen LogP contribution in [-0.4, -0.2) is 28.6 Å². The van der Waals surface area contributed by atoms with E-state index in [4.69, 9.17) is 11.6 Å². The van der Waals surface area contributed by atoms with Gasteiger partial charge in [0.15, 0.2) is 0 Å². The predicted octanol–water partition coefficient (Wildman–Crippen LogP) is 1.91. The number of benzene rings is 1. The van der Waals surface area contributed by atoms with Crippen LogP contribution in [0.5, 0.6) is 0 Å². The van der Waals surface area contributed by atoms with Crippen LogP contribution >= 0.6 is 11.6 Å². The van der Waals surface area contributed by atoms with Crippen molar-refractivity contribution >= 4 is 23.4 Å². The molecule has 2 amide bonds. The fraction of sp³-hybridized carbons (Fsp3) is 0.273. The highest BCUT2D eigenvalue weighted by Crippen LogP contribution is 2.22. The van der Waals surface area contributed by atoms with Crippen molar-refractivity contribution in [3.63, 3.8) is 0 Å². The number of rotatable bonds is 2. The van der Waals surface area contributed by atoms with Gasteiger partial charge in [-0.3, -0.25) is 14.5 Å². The maximum absolute atomic E-state index is 11.8. The largest absolute Gasteiger partial charge is 0.273 e. The first-order valence-corrected chi connectivity index (χ1v) is 5.14. The van der Waals surface area contributed by atoms with E-state index in [1.807, 2.05) is 0 Å². The lowest BCUT2D eigenvalue weighted by molar-refractivity contribution is 0.0655. The number of amides is 2. The number of fused-ring (bicyclic) bond motifs is 1. The summed E-state index contributed by atoms with van der Waals surface area (Å²) in [7, 11) is 0. The predicted molar refractivity (Wildman–Crippen MR) is 57.1 cm³/mol. The van der Waals surface area contributed by atoms with Crippen LogP contribution in [0.1, 0.15) is 27.6 Å². The number of hydrogen-bond acceptors (Lipinski definition) is 2. The summed E-state index contributed by atoms with van der Waals surface area (Å²) in [5.41, 5.74) is 0.944. The summed E-state index contributed by atoms with van der Waals surface area (Å²) in [5.74, 6) is -0.494. The molecule has 0 bridgehead atoms. The van der Waals surface area contributed by atoms with E-state index >= 15 is 0 Å². The van der Waals surface area contributed by atoms with Gasteiger partial charge >= 0.3 is 0 Å². The zero-order valence-electron chi connectivity index (χ0n) is 8.24. The first-order valence-electron chi connectivity index (χ1n) is 4.70. The van der Waals surface area contributed by atoms with Gasteiger partial charge < -0.3 is 0 Å². The number of hydrogen-bond donors (Lipinski definition) is 0. The molecule has 0 radical (unpaired) electrons. The van der Waals surface area contributed by atoms with Crippen LogP contribution in [0.2, 0.25) is 0 Å². The van der Waals surface area contributed by atoms with Crippen LogP contribution < -0.4 is 0 Å². The van der Waals surface area contributed by atoms with E-state index in [-0.39, 0.29) is 23.7 Å². The maximum Gasteiger partial charge on any atom is 0.261 e. The van der Waals surface area contributed by atoms with Gasteiger partial charge in [0.2, 0.25) is 0 Å². The summed E-state index contributed by atoms with van der Waals surface area (Å²) in [6.45, 7) is 2.01. The lowest BCUT2D eigenvalue weighted by Gasteiger charge is -2.14. The van der Waals surface area contributed by atoms with E-state index < -0.39 is 0 Å². The van der Waals surface area contributed by atoms with Gasteiger partial charge in [0.05, 0.1) is 11.1 Å². The number of halogens is 1. The van der Waals surface area contributed by atoms with Gasteiger partial charge in [0, 0.05) is 11.9 Å². The normalized spacial score (nSPS) is 16.8. The first kappa shape index (κ1) is 10.2. The van der Waals surface area contributed by atoms with Crippen molar-refractivity contribution in [3.05, 3.63) is 35.4 Å². The highest BCUT2D eigenvalue weighted by atomic mass is 35.5. The highest BCUT2D eigenvalue weighted by Gasteiger charge is 2.35. The quantitative estimate of drug-likeness (QED) is 0.567. The Morgan fingerprint density at radius 3 is 2.07 bits per heavy atom. The number of carbonyl (C=O) groups is 2. The van der Waals surface area contributed by atoms with Gasteiger partial charge in [-0.1, -0.05) is 12.1 Å². The minimum absolute atomic E-state index is 0.229. The molecule has 0 saturated carbocycles. The molecule has 4 heteroatoms. The number of carbonyl (C=O) groups excluding carboxylic acids is 2. The monoisotopic (exact) mass is 223 g/mol. The molecule has 15 heavy (non-hydrogen) atoms. The average Bonchev–Trinajstić information content (AvgIpc) is 2.44. The van der Waals surface area contributed by atoms with E-state index in [0.717, 1.165) is 0 Å². The summed E-state index contributed by atoms with van der Waals surface area (Å²) in [6, 6.07) is 6.82. The number of alkyl halides is 1. The Labute approximate surface area is 92.6 Å². The Kier molecular flexibility index (Phi) is 2.49. The highest BCUT2D eigenvalue weighted by molar-refractivity contribution is 6.23. The van der Waals surface area contributed by atoms with Gasteiger partial charge in [0.25, 0.3) is 11.8 Å². The Balaban J connectivity index is 2.37. The number of imide groups is 1. The third-order valence-electron chi connectivity index (χ3n) is 2.31. The third kappa shape index (κ3) is 1.63. The second-order valence-electron chi connectivity index (χ2n) is 3.55. The van der Waals surface area contributed by atoms with Crippen molar-refractivity contribution in [2.45, 2.75) is 12.3 Å². The van der Waals surface area contributed by atoms with Crippen LogP contribution in [0.25, 0.3) is 0 Å². The van der Waals surface area contributed by atoms with Gasteiger partial charge in [-0.15, -0.1) is 11.6 Å². The summed E-state index contributed by atoms with van der Waals surface area (Å²) in [5, 5.41) is -0.229. The van der Waals surface area contributed by atoms with Crippen molar-refractivity contribution in [1.29, 1.82) is 0 Å². The zero-order valence-corrected chi connectivity index (χ0v) is 8.99. The Hall–Kier alpha value is -1.35. The molecule has 0 aromatic heterocycles. The van der Waals surface area contributed by atoms with Gasteiger partial charge in [-0.05, 0) is 19.1 Å². The summed E-state index contributed by atoms with van der Waals surface area (Å²) >= 11 is 5.79. The number of nitrogens with zero attached hydrogens (tertiary/aromatic N) is 1. The van der Waals surface area contributed by atoms with Crippen LogP contribution in [0.4, 0.5) is 0 Å². The molecule has 78 valence electrons. The van der Waals surface area contributed by atoms with Crippen molar-refractivity contribution in [2.75, 3.05) is 6.54 Å². The minimum atomic E-state index is -0.247. The van der Waals surface area contributed by atoms with E-state index in [0.29, 0.717) is 11.1 Å². The molecule has 3 nitrogen and oxygen atoms in total. The molecule has 1 aliphatic heterocycles. The molecule has 2 rings (SSSR count). The molecule has 1 aromatic carbocycles. The molecule has 1 aromatic rings. The molecule has 1 heterocycles. The molecule has 0 unspecified atom stereocenters. The zero-order chi connectivity index (χ0) is 11.0. The molecule has 0 fully saturated rings. The van der Waals surface area contributed by atoms with Crippen LogP contribution in [-0.2, 0) is 0 Å². The van der Waals surface area contributed by atoms with Crippen molar-refractivity contribution in [3.8, 4) is 0 Å². The molecular formula is C11H10ClNO2. The van der Waals surface area contributed by atoms with Gasteiger partial charge in [0.1, 0.15) is 0 Å². The molecule has 0 saturated heterocycles. The topological polar surface area (TPSA) is 37.4 Å². The smallest absolute Gasteiger partial charge is 0.261 e. The van der Waals surface area contributed by atoms with Crippen LogP contribution in [0, 0.1) is 0 Å². The minimum Gasteiger partial charge on any atom is -0.273 e. The van der Waals surface area contributed by atoms with Crippen molar-refractivity contribution in [1.82, 2.24) is 4.90 Å². The molecule has 1 atom stereocenters. The maximum atomic E-state index is 11.8. The Bertz CT molecular complexity index is 393. The third-order valence-corrected chi connectivity index (χ3v) is 2.45. The van der Waals surface area contributed by atoms with E-state index in [1.54, 1.807) is 31.2 Å². The molecule has 1 aliphatic rings. The summed E-state index contributed by atoms with van der Waals surface area (Å²) in [6.07, 6.45) is 0. The second kappa shape index (κ2) is 3.66.